The molecular formula is C7H14O2S. The second-order valence-corrected chi connectivity index (χ2v) is 5.18. The van der Waals surface area contributed by atoms with Crippen molar-refractivity contribution in [3.8, 4) is 0 Å². The van der Waals surface area contributed by atoms with Crippen LogP contribution in [0, 0.1) is 0 Å². The molecule has 0 heterocycles. The van der Waals surface area contributed by atoms with Gasteiger partial charge in [0.15, 0.2) is 9.84 Å². The van der Waals surface area contributed by atoms with Crippen LogP contribution in [-0.4, -0.2) is 19.9 Å². The largest absolute Gasteiger partial charge is 0.229 e. The molecule has 0 aliphatic carbocycles. The molecule has 0 fully saturated rings. The summed E-state index contributed by atoms with van der Waals surface area (Å²) in [5, 5.41) is -0.350. The minimum atomic E-state index is -2.87. The number of rotatable bonds is 2. The lowest BCUT2D eigenvalue weighted by atomic mass is 10.3. The van der Waals surface area contributed by atoms with Crippen LogP contribution in [-0.2, 0) is 9.84 Å². The molecule has 0 saturated heterocycles. The van der Waals surface area contributed by atoms with Crippen molar-refractivity contribution in [2.24, 2.45) is 0 Å². The maximum Gasteiger partial charge on any atom is 0.153 e. The van der Waals surface area contributed by atoms with Gasteiger partial charge in [-0.25, -0.2) is 8.42 Å². The van der Waals surface area contributed by atoms with Crippen LogP contribution in [0.15, 0.2) is 11.6 Å². The van der Waals surface area contributed by atoms with Crippen LogP contribution in [0.3, 0.4) is 0 Å². The fraction of sp³-hybridized carbons (Fsp3) is 0.714. The fourth-order valence-electron chi connectivity index (χ4n) is 0.593. The van der Waals surface area contributed by atoms with E-state index in [0.29, 0.717) is 0 Å². The van der Waals surface area contributed by atoms with Crippen molar-refractivity contribution in [2.45, 2.75) is 26.0 Å². The van der Waals surface area contributed by atoms with Gasteiger partial charge in [0.05, 0.1) is 5.25 Å². The molecule has 0 aromatic carbocycles. The Labute approximate surface area is 62.9 Å². The van der Waals surface area contributed by atoms with E-state index in [4.69, 9.17) is 0 Å². The van der Waals surface area contributed by atoms with Crippen LogP contribution in [0.4, 0.5) is 0 Å². The van der Waals surface area contributed by atoms with E-state index < -0.39 is 9.84 Å². The first-order valence-electron chi connectivity index (χ1n) is 3.18. The molecule has 3 heteroatoms. The van der Waals surface area contributed by atoms with E-state index in [9.17, 15) is 8.42 Å². The van der Waals surface area contributed by atoms with E-state index in [1.54, 1.807) is 13.0 Å². The number of sulfone groups is 1. The lowest BCUT2D eigenvalue weighted by molar-refractivity contribution is 0.597. The standard InChI is InChI=1S/C7H14O2S/c1-6(2)5-7(3)10(4,8)9/h5,7H,1-4H3. The van der Waals surface area contributed by atoms with Crippen LogP contribution in [0.2, 0.25) is 0 Å². The third-order valence-corrected chi connectivity index (χ3v) is 2.73. The second-order valence-electron chi connectivity index (χ2n) is 2.78. The molecule has 0 rings (SSSR count). The van der Waals surface area contributed by atoms with E-state index in [2.05, 4.69) is 0 Å². The first-order chi connectivity index (χ1) is 4.34. The minimum Gasteiger partial charge on any atom is -0.229 e. The van der Waals surface area contributed by atoms with E-state index in [1.807, 2.05) is 13.8 Å². The van der Waals surface area contributed by atoms with Crippen LogP contribution >= 0.6 is 0 Å². The molecular weight excluding hydrogens is 148 g/mol. The van der Waals surface area contributed by atoms with Crippen LogP contribution in [0.25, 0.3) is 0 Å². The highest BCUT2D eigenvalue weighted by atomic mass is 32.2. The SMILES string of the molecule is CC(C)=CC(C)S(C)(=O)=O. The Morgan fingerprint density at radius 1 is 1.40 bits per heavy atom. The Balaban J connectivity index is 4.42. The molecule has 0 aliphatic heterocycles. The smallest absolute Gasteiger partial charge is 0.153 e. The van der Waals surface area contributed by atoms with Crippen molar-refractivity contribution >= 4 is 9.84 Å². The molecule has 60 valence electrons. The van der Waals surface area contributed by atoms with Gasteiger partial charge in [-0.05, 0) is 20.8 Å². The van der Waals surface area contributed by atoms with Crippen molar-refractivity contribution in [1.82, 2.24) is 0 Å². The maximum atomic E-state index is 10.8. The summed E-state index contributed by atoms with van der Waals surface area (Å²) >= 11 is 0. The van der Waals surface area contributed by atoms with Crippen molar-refractivity contribution in [3.63, 3.8) is 0 Å². The predicted molar refractivity (Wildman–Crippen MR) is 43.7 cm³/mol. The van der Waals surface area contributed by atoms with Gasteiger partial charge in [-0.3, -0.25) is 0 Å². The summed E-state index contributed by atoms with van der Waals surface area (Å²) in [7, 11) is -2.87. The zero-order valence-electron chi connectivity index (χ0n) is 6.88. The molecule has 0 aromatic rings. The molecule has 0 spiro atoms. The van der Waals surface area contributed by atoms with Gasteiger partial charge in [0.2, 0.25) is 0 Å². The topological polar surface area (TPSA) is 34.1 Å². The Hall–Kier alpha value is -0.310. The summed E-state index contributed by atoms with van der Waals surface area (Å²) in [5.41, 5.74) is 1.04. The molecule has 2 nitrogen and oxygen atoms in total. The Morgan fingerprint density at radius 3 is 1.90 bits per heavy atom. The molecule has 0 saturated carbocycles. The van der Waals surface area contributed by atoms with Gasteiger partial charge in [-0.1, -0.05) is 11.6 Å². The molecule has 0 N–H and O–H groups in total. The summed E-state index contributed by atoms with van der Waals surface area (Å²) in [6.45, 7) is 5.46. The van der Waals surface area contributed by atoms with Gasteiger partial charge in [0, 0.05) is 6.26 Å². The highest BCUT2D eigenvalue weighted by Gasteiger charge is 2.10. The van der Waals surface area contributed by atoms with Gasteiger partial charge in [-0.15, -0.1) is 0 Å². The van der Waals surface area contributed by atoms with Crippen LogP contribution in [0.5, 0.6) is 0 Å². The van der Waals surface area contributed by atoms with Crippen molar-refractivity contribution < 1.29 is 8.42 Å². The predicted octanol–water partition coefficient (Wildman–Crippen LogP) is 1.39. The first-order valence-corrected chi connectivity index (χ1v) is 5.13. The van der Waals surface area contributed by atoms with Gasteiger partial charge < -0.3 is 0 Å². The van der Waals surface area contributed by atoms with Crippen LogP contribution < -0.4 is 0 Å². The average molecular weight is 162 g/mol. The third-order valence-electron chi connectivity index (χ3n) is 1.24. The average Bonchev–Trinajstić information content (AvgIpc) is 1.60. The second kappa shape index (κ2) is 3.19. The van der Waals surface area contributed by atoms with E-state index in [1.165, 1.54) is 6.26 Å². The molecule has 0 amide bonds. The van der Waals surface area contributed by atoms with Gasteiger partial charge in [-0.2, -0.15) is 0 Å². The highest BCUT2D eigenvalue weighted by molar-refractivity contribution is 7.91. The quantitative estimate of drug-likeness (QED) is 0.575. The highest BCUT2D eigenvalue weighted by Crippen LogP contribution is 2.02. The summed E-state index contributed by atoms with van der Waals surface area (Å²) in [6, 6.07) is 0. The maximum absolute atomic E-state index is 10.8. The first kappa shape index (κ1) is 9.69. The number of hydrogen-bond donors (Lipinski definition) is 0. The number of allylic oxidation sites excluding steroid dienone is 1. The van der Waals surface area contributed by atoms with Gasteiger partial charge >= 0.3 is 0 Å². The lowest BCUT2D eigenvalue weighted by Crippen LogP contribution is -2.12. The van der Waals surface area contributed by atoms with Gasteiger partial charge in [0.25, 0.3) is 0 Å². The molecule has 1 unspecified atom stereocenters. The Kier molecular flexibility index (Phi) is 3.09. The molecule has 0 bridgehead atoms. The summed E-state index contributed by atoms with van der Waals surface area (Å²) < 4.78 is 21.6. The molecule has 10 heavy (non-hydrogen) atoms. The molecule has 0 radical (unpaired) electrons. The zero-order valence-corrected chi connectivity index (χ0v) is 7.70. The fourth-order valence-corrected chi connectivity index (χ4v) is 1.11. The zero-order chi connectivity index (χ0) is 8.36. The summed E-state index contributed by atoms with van der Waals surface area (Å²) in [4.78, 5) is 0. The molecule has 0 aliphatic rings. The van der Waals surface area contributed by atoms with Crippen molar-refractivity contribution in [2.75, 3.05) is 6.26 Å². The van der Waals surface area contributed by atoms with E-state index in [-0.39, 0.29) is 5.25 Å². The Morgan fingerprint density at radius 2 is 1.80 bits per heavy atom. The minimum absolute atomic E-state index is 0.350. The third kappa shape index (κ3) is 3.67. The molecule has 0 aromatic heterocycles. The van der Waals surface area contributed by atoms with Crippen molar-refractivity contribution in [3.05, 3.63) is 11.6 Å². The monoisotopic (exact) mass is 162 g/mol. The Bertz CT molecular complexity index is 220. The van der Waals surface area contributed by atoms with Crippen molar-refractivity contribution in [1.29, 1.82) is 0 Å². The normalized spacial score (nSPS) is 14.4. The number of hydrogen-bond acceptors (Lipinski definition) is 2. The van der Waals surface area contributed by atoms with Crippen LogP contribution in [0.1, 0.15) is 20.8 Å². The summed E-state index contributed by atoms with van der Waals surface area (Å²) in [5.74, 6) is 0. The van der Waals surface area contributed by atoms with E-state index in [0.717, 1.165) is 5.57 Å². The molecule has 1 atom stereocenters. The van der Waals surface area contributed by atoms with E-state index >= 15 is 0 Å². The van der Waals surface area contributed by atoms with Gasteiger partial charge in [0.1, 0.15) is 0 Å². The summed E-state index contributed by atoms with van der Waals surface area (Å²) in [6.07, 6.45) is 2.99. The lowest BCUT2D eigenvalue weighted by Gasteiger charge is -2.02.